The number of likely N-dealkylation sites (tertiary alicyclic amines) is 1. The molecule has 0 aromatic heterocycles. The van der Waals surface area contributed by atoms with Crippen molar-refractivity contribution in [3.05, 3.63) is 23.7 Å². The van der Waals surface area contributed by atoms with Gasteiger partial charge in [-0.15, -0.1) is 0 Å². The van der Waals surface area contributed by atoms with E-state index in [0.29, 0.717) is 6.04 Å². The number of hydrogen-bond donors (Lipinski definition) is 1. The van der Waals surface area contributed by atoms with Crippen LogP contribution in [0.2, 0.25) is 0 Å². The molecule has 1 N–H and O–H groups in total. The minimum Gasteiger partial charge on any atom is -0.500 e. The minimum atomic E-state index is -0.605. The molecular weight excluding hydrogens is 340 g/mol. The molecule has 5 nitrogen and oxygen atoms in total. The van der Waals surface area contributed by atoms with Crippen molar-refractivity contribution in [3.8, 4) is 0 Å². The third kappa shape index (κ3) is 3.39. The minimum absolute atomic E-state index is 0.222. The molecule has 0 aromatic carbocycles. The van der Waals surface area contributed by atoms with Crippen LogP contribution in [-0.4, -0.2) is 50.7 Å². The third-order valence-electron chi connectivity index (χ3n) is 6.69. The first-order chi connectivity index (χ1) is 13.1. The van der Waals surface area contributed by atoms with Gasteiger partial charge in [0.1, 0.15) is 11.5 Å². The maximum absolute atomic E-state index is 13.5. The van der Waals surface area contributed by atoms with Gasteiger partial charge in [-0.3, -0.25) is 4.79 Å². The molecule has 0 atom stereocenters. The molecule has 3 rings (SSSR count). The molecule has 2 heterocycles. The van der Waals surface area contributed by atoms with Crippen LogP contribution in [0.15, 0.2) is 23.7 Å². The van der Waals surface area contributed by atoms with Crippen LogP contribution in [0.5, 0.6) is 0 Å². The van der Waals surface area contributed by atoms with Gasteiger partial charge in [-0.05, 0) is 57.3 Å². The van der Waals surface area contributed by atoms with Crippen molar-refractivity contribution in [2.75, 3.05) is 33.9 Å². The highest BCUT2D eigenvalue weighted by atomic mass is 16.5. The number of amides is 1. The van der Waals surface area contributed by atoms with Crippen molar-refractivity contribution in [1.82, 2.24) is 10.2 Å². The summed E-state index contributed by atoms with van der Waals surface area (Å²) in [6.45, 7) is 7.20. The van der Waals surface area contributed by atoms with Gasteiger partial charge in [0.25, 0.3) is 0 Å². The number of nitrogens with one attached hydrogen (secondary N) is 1. The molecule has 2 saturated heterocycles. The summed E-state index contributed by atoms with van der Waals surface area (Å²) in [5, 5.41) is 3.39. The second-order valence-corrected chi connectivity index (χ2v) is 8.28. The van der Waals surface area contributed by atoms with Crippen LogP contribution in [0, 0.1) is 10.8 Å². The summed E-state index contributed by atoms with van der Waals surface area (Å²) in [6.07, 6.45) is 11.2. The zero-order valence-corrected chi connectivity index (χ0v) is 17.5. The van der Waals surface area contributed by atoms with Gasteiger partial charge < -0.3 is 19.7 Å². The number of hydrogen-bond acceptors (Lipinski definition) is 4. The Morgan fingerprint density at radius 3 is 2.11 bits per heavy atom. The van der Waals surface area contributed by atoms with Crippen LogP contribution in [-0.2, 0) is 14.3 Å². The number of rotatable bonds is 7. The van der Waals surface area contributed by atoms with E-state index >= 15 is 0 Å². The number of carbonyl (C=O) groups excluding carboxylic acids is 1. The molecule has 2 fully saturated rings. The lowest BCUT2D eigenvalue weighted by Gasteiger charge is -2.42. The summed E-state index contributed by atoms with van der Waals surface area (Å²) in [5.41, 5.74) is -0.840. The maximum Gasteiger partial charge on any atom is 0.237 e. The molecule has 2 aliphatic heterocycles. The van der Waals surface area contributed by atoms with Gasteiger partial charge in [0, 0.05) is 12.6 Å². The summed E-state index contributed by atoms with van der Waals surface area (Å²) in [7, 11) is 3.48. The van der Waals surface area contributed by atoms with Gasteiger partial charge in [0.2, 0.25) is 5.91 Å². The molecule has 27 heavy (non-hydrogen) atoms. The van der Waals surface area contributed by atoms with E-state index in [1.807, 2.05) is 0 Å². The van der Waals surface area contributed by atoms with E-state index in [9.17, 15) is 4.79 Å². The molecule has 0 bridgehead atoms. The average Bonchev–Trinajstić information content (AvgIpc) is 3.00. The topological polar surface area (TPSA) is 50.8 Å². The Morgan fingerprint density at radius 2 is 1.63 bits per heavy atom. The van der Waals surface area contributed by atoms with Crippen molar-refractivity contribution >= 4 is 5.91 Å². The molecule has 152 valence electrons. The molecular formula is C22H36N2O3. The summed E-state index contributed by atoms with van der Waals surface area (Å²) in [5.74, 6) is 2.07. The molecule has 1 amide bonds. The van der Waals surface area contributed by atoms with Crippen LogP contribution in [0.3, 0.4) is 0 Å². The van der Waals surface area contributed by atoms with Crippen LogP contribution in [0.4, 0.5) is 0 Å². The van der Waals surface area contributed by atoms with Crippen LogP contribution in [0.1, 0.15) is 58.8 Å². The normalized spacial score (nSPS) is 24.7. The highest BCUT2D eigenvalue weighted by molar-refractivity contribution is 5.90. The molecule has 1 spiro atoms. The van der Waals surface area contributed by atoms with Gasteiger partial charge >= 0.3 is 0 Å². The van der Waals surface area contributed by atoms with Gasteiger partial charge in [-0.2, -0.15) is 0 Å². The molecule has 0 unspecified atom stereocenters. The van der Waals surface area contributed by atoms with E-state index in [1.54, 1.807) is 14.2 Å². The standard InChI is InChI=1S/C22H36N2O3/c1-5-9-22(10-6-2)18(26-3)15-21(16-19(22)27-4)11-14-24(20(21)25)17-7-12-23-13-8-17/h15-17,23H,5-14H2,1-4H3. The molecule has 3 aliphatic rings. The van der Waals surface area contributed by atoms with Crippen LogP contribution in [0.25, 0.3) is 0 Å². The average molecular weight is 377 g/mol. The predicted octanol–water partition coefficient (Wildman–Crippen LogP) is 3.62. The first-order valence-electron chi connectivity index (χ1n) is 10.6. The second-order valence-electron chi connectivity index (χ2n) is 8.28. The van der Waals surface area contributed by atoms with Crippen LogP contribution < -0.4 is 5.32 Å². The zero-order chi connectivity index (χ0) is 19.5. The maximum atomic E-state index is 13.5. The largest absolute Gasteiger partial charge is 0.500 e. The highest BCUT2D eigenvalue weighted by Gasteiger charge is 2.53. The summed E-state index contributed by atoms with van der Waals surface area (Å²) >= 11 is 0. The van der Waals surface area contributed by atoms with Gasteiger partial charge in [-0.1, -0.05) is 26.7 Å². The number of carbonyl (C=O) groups is 1. The Bertz CT molecular complexity index is 575. The van der Waals surface area contributed by atoms with Gasteiger partial charge in [-0.25, -0.2) is 0 Å². The Balaban J connectivity index is 1.97. The van der Waals surface area contributed by atoms with Crippen molar-refractivity contribution in [1.29, 1.82) is 0 Å². The monoisotopic (exact) mass is 376 g/mol. The SMILES string of the molecule is CCCC1(CCC)C(OC)=CC2(C=C1OC)CCN(C1CCNCC1)C2=O. The third-order valence-corrected chi connectivity index (χ3v) is 6.69. The zero-order valence-electron chi connectivity index (χ0n) is 17.5. The first kappa shape index (κ1) is 20.2. The van der Waals surface area contributed by atoms with Crippen molar-refractivity contribution in [2.24, 2.45) is 10.8 Å². The quantitative estimate of drug-likeness (QED) is 0.737. The number of methoxy groups -OCH3 is 2. The Kier molecular flexibility index (Phi) is 6.19. The lowest BCUT2D eigenvalue weighted by atomic mass is 9.67. The summed E-state index contributed by atoms with van der Waals surface area (Å²) < 4.78 is 11.8. The van der Waals surface area contributed by atoms with E-state index in [4.69, 9.17) is 9.47 Å². The smallest absolute Gasteiger partial charge is 0.237 e. The van der Waals surface area contributed by atoms with Crippen LogP contribution >= 0.6 is 0 Å². The fourth-order valence-corrected chi connectivity index (χ4v) is 5.40. The molecule has 5 heteroatoms. The van der Waals surface area contributed by atoms with E-state index in [2.05, 4.69) is 36.2 Å². The van der Waals surface area contributed by atoms with E-state index in [0.717, 1.165) is 76.1 Å². The molecule has 0 radical (unpaired) electrons. The summed E-state index contributed by atoms with van der Waals surface area (Å²) in [4.78, 5) is 15.6. The Hall–Kier alpha value is -1.49. The Labute approximate surface area is 164 Å². The fourth-order valence-electron chi connectivity index (χ4n) is 5.40. The van der Waals surface area contributed by atoms with Crippen molar-refractivity contribution < 1.29 is 14.3 Å². The molecule has 0 aromatic rings. The molecule has 0 saturated carbocycles. The number of nitrogens with zero attached hydrogens (tertiary/aromatic N) is 1. The van der Waals surface area contributed by atoms with Gasteiger partial charge in [0.05, 0.1) is 25.0 Å². The highest BCUT2D eigenvalue weighted by Crippen LogP contribution is 2.53. The fraction of sp³-hybridized carbons (Fsp3) is 0.773. The van der Waals surface area contributed by atoms with Crippen molar-refractivity contribution in [2.45, 2.75) is 64.8 Å². The second kappa shape index (κ2) is 8.26. The lowest BCUT2D eigenvalue weighted by molar-refractivity contribution is -0.135. The van der Waals surface area contributed by atoms with E-state index in [-0.39, 0.29) is 11.3 Å². The lowest BCUT2D eigenvalue weighted by Crippen LogP contribution is -2.46. The summed E-state index contributed by atoms with van der Waals surface area (Å²) in [6, 6.07) is 0.356. The van der Waals surface area contributed by atoms with Gasteiger partial charge in [0.15, 0.2) is 0 Å². The Morgan fingerprint density at radius 1 is 1.07 bits per heavy atom. The first-order valence-corrected chi connectivity index (χ1v) is 10.6. The van der Waals surface area contributed by atoms with E-state index < -0.39 is 5.41 Å². The van der Waals surface area contributed by atoms with Crippen molar-refractivity contribution in [3.63, 3.8) is 0 Å². The van der Waals surface area contributed by atoms with E-state index in [1.165, 1.54) is 0 Å². The molecule has 1 aliphatic carbocycles. The predicted molar refractivity (Wildman–Crippen MR) is 107 cm³/mol. The number of ether oxygens (including phenoxy) is 2. The number of piperidine rings is 1.